The summed E-state index contributed by atoms with van der Waals surface area (Å²) in [6.45, 7) is 14.4. The quantitative estimate of drug-likeness (QED) is 0.407. The molecule has 7 heteroatoms. The molecule has 24 heavy (non-hydrogen) atoms. The molecule has 0 bridgehead atoms. The van der Waals surface area contributed by atoms with Gasteiger partial charge in [0.15, 0.2) is 0 Å². The zero-order valence-electron chi connectivity index (χ0n) is 12.7. The molecule has 0 spiro atoms. The molecule has 0 aliphatic rings. The van der Waals surface area contributed by atoms with Gasteiger partial charge in [-0.15, -0.1) is 0 Å². The number of methoxy groups -OCH3 is 1. The number of hydrogen-bond acceptors (Lipinski definition) is 2. The summed E-state index contributed by atoms with van der Waals surface area (Å²) in [6.07, 6.45) is 0. The summed E-state index contributed by atoms with van der Waals surface area (Å²) in [5, 5.41) is 0. The molecular formula is C17H13Br2FN2O2. The Balaban J connectivity index is 0.000000254. The number of nitrogens with zero attached hydrogens (tertiary/aromatic N) is 2. The van der Waals surface area contributed by atoms with Crippen LogP contribution in [0.3, 0.4) is 0 Å². The number of benzene rings is 2. The highest BCUT2D eigenvalue weighted by atomic mass is 79.9. The Labute approximate surface area is 157 Å². The zero-order valence-corrected chi connectivity index (χ0v) is 15.9. The summed E-state index contributed by atoms with van der Waals surface area (Å²) in [5.41, 5.74) is 0.576. The summed E-state index contributed by atoms with van der Waals surface area (Å²) in [6, 6.07) is 9.66. The molecule has 0 saturated carbocycles. The van der Waals surface area contributed by atoms with Crippen molar-refractivity contribution in [2.75, 3.05) is 20.3 Å². The maximum Gasteiger partial charge on any atom is 0.228 e. The monoisotopic (exact) mass is 454 g/mol. The number of hydrogen-bond donors (Lipinski definition) is 0. The van der Waals surface area contributed by atoms with Crippen molar-refractivity contribution in [1.82, 2.24) is 0 Å². The Kier molecular flexibility index (Phi) is 9.03. The van der Waals surface area contributed by atoms with E-state index in [4.69, 9.17) is 22.6 Å². The van der Waals surface area contributed by atoms with Crippen molar-refractivity contribution in [1.29, 1.82) is 0 Å². The van der Waals surface area contributed by atoms with E-state index in [1.807, 2.05) is 6.07 Å². The van der Waals surface area contributed by atoms with Crippen LogP contribution in [-0.4, -0.2) is 20.3 Å². The van der Waals surface area contributed by atoms with Crippen molar-refractivity contribution in [3.05, 3.63) is 74.0 Å². The Hall–Kier alpha value is -1.93. The minimum atomic E-state index is -0.482. The highest BCUT2D eigenvalue weighted by molar-refractivity contribution is 9.10. The first-order valence-corrected chi connectivity index (χ1v) is 8.21. The summed E-state index contributed by atoms with van der Waals surface area (Å²) in [4.78, 5) is 6.32. The zero-order chi connectivity index (χ0) is 17.9. The van der Waals surface area contributed by atoms with Crippen molar-refractivity contribution in [3.63, 3.8) is 0 Å². The lowest BCUT2D eigenvalue weighted by Crippen LogP contribution is -2.04. The van der Waals surface area contributed by atoms with Gasteiger partial charge in [0.05, 0.1) is 19.8 Å². The fraction of sp³-hybridized carbons (Fsp3) is 0.176. The highest BCUT2D eigenvalue weighted by Gasteiger charge is 2.03. The summed E-state index contributed by atoms with van der Waals surface area (Å²) in [5.74, 6) is 0.107. The molecule has 0 amide bonds. The molecule has 0 aromatic heterocycles. The Morgan fingerprint density at radius 2 is 1.54 bits per heavy atom. The lowest BCUT2D eigenvalue weighted by Gasteiger charge is -2.07. The minimum Gasteiger partial charge on any atom is -0.502 e. The first kappa shape index (κ1) is 20.1. The molecule has 4 nitrogen and oxygen atoms in total. The van der Waals surface area contributed by atoms with Crippen molar-refractivity contribution in [2.24, 2.45) is 0 Å². The van der Waals surface area contributed by atoms with E-state index in [-0.39, 0.29) is 5.69 Å². The van der Waals surface area contributed by atoms with Gasteiger partial charge in [-0.25, -0.2) is 14.1 Å². The van der Waals surface area contributed by atoms with E-state index in [2.05, 4.69) is 41.5 Å². The van der Waals surface area contributed by atoms with E-state index in [9.17, 15) is 4.39 Å². The van der Waals surface area contributed by atoms with Crippen molar-refractivity contribution in [2.45, 2.75) is 0 Å². The van der Waals surface area contributed by atoms with Gasteiger partial charge in [0, 0.05) is 16.1 Å². The van der Waals surface area contributed by atoms with Gasteiger partial charge in [0.1, 0.15) is 18.2 Å². The van der Waals surface area contributed by atoms with Crippen LogP contribution in [-0.2, 0) is 4.74 Å². The van der Waals surface area contributed by atoms with Gasteiger partial charge < -0.3 is 9.47 Å². The van der Waals surface area contributed by atoms with Crippen LogP contribution >= 0.6 is 31.9 Å². The van der Waals surface area contributed by atoms with Crippen LogP contribution in [0.4, 0.5) is 15.8 Å². The molecule has 0 heterocycles. The third kappa shape index (κ3) is 6.67. The van der Waals surface area contributed by atoms with Gasteiger partial charge >= 0.3 is 0 Å². The smallest absolute Gasteiger partial charge is 0.228 e. The average Bonchev–Trinajstić information content (AvgIpc) is 2.56. The predicted molar refractivity (Wildman–Crippen MR) is 98.1 cm³/mol. The lowest BCUT2D eigenvalue weighted by molar-refractivity contribution is 0.147. The van der Waals surface area contributed by atoms with Gasteiger partial charge in [-0.1, -0.05) is 56.1 Å². The Morgan fingerprint density at radius 1 is 0.958 bits per heavy atom. The summed E-state index contributed by atoms with van der Waals surface area (Å²) in [7, 11) is 1.61. The maximum atomic E-state index is 12.6. The summed E-state index contributed by atoms with van der Waals surface area (Å²) < 4.78 is 24.4. The molecule has 0 saturated heterocycles. The molecule has 0 atom stereocenters. The summed E-state index contributed by atoms with van der Waals surface area (Å²) >= 11 is 6.40. The van der Waals surface area contributed by atoms with Crippen LogP contribution in [0.1, 0.15) is 0 Å². The van der Waals surface area contributed by atoms with E-state index in [1.165, 1.54) is 12.1 Å². The van der Waals surface area contributed by atoms with Gasteiger partial charge in [-0.3, -0.25) is 0 Å². The number of rotatable bonds is 4. The highest BCUT2D eigenvalue weighted by Crippen LogP contribution is 2.30. The lowest BCUT2D eigenvalue weighted by atomic mass is 10.3. The van der Waals surface area contributed by atoms with E-state index in [1.54, 1.807) is 25.3 Å². The molecule has 0 radical (unpaired) electrons. The van der Waals surface area contributed by atoms with Crippen LogP contribution in [0.15, 0.2) is 45.3 Å². The third-order valence-corrected chi connectivity index (χ3v) is 3.60. The van der Waals surface area contributed by atoms with Gasteiger partial charge in [0.2, 0.25) is 11.4 Å². The standard InChI is InChI=1S/C10H10BrNO2.C7H3BrFN/c1-12-9-4-3-8(11)7-10(9)14-6-5-13-2;1-10-7-3-2-5(8)4-6(7)9/h3-4,7H,5-6H2,2H3;2-4H. The SMILES string of the molecule is [C-]#[N+]c1ccc(Br)cc1F.[C-]#[N+]c1ccc(Br)cc1OCCOC. The maximum absolute atomic E-state index is 12.6. The van der Waals surface area contributed by atoms with Gasteiger partial charge in [0.25, 0.3) is 0 Å². The third-order valence-electron chi connectivity index (χ3n) is 2.62. The van der Waals surface area contributed by atoms with E-state index in [0.717, 1.165) is 4.47 Å². The van der Waals surface area contributed by atoms with Crippen LogP contribution in [0.2, 0.25) is 0 Å². The van der Waals surface area contributed by atoms with Gasteiger partial charge in [-0.2, -0.15) is 0 Å². The second kappa shape index (κ2) is 10.8. The minimum absolute atomic E-state index is 0.0585. The molecule has 2 aromatic carbocycles. The van der Waals surface area contributed by atoms with Crippen LogP contribution in [0.5, 0.6) is 5.75 Å². The van der Waals surface area contributed by atoms with Crippen molar-refractivity contribution in [3.8, 4) is 5.75 Å². The fourth-order valence-corrected chi connectivity index (χ4v) is 2.18. The largest absolute Gasteiger partial charge is 0.502 e. The second-order valence-electron chi connectivity index (χ2n) is 4.27. The van der Waals surface area contributed by atoms with E-state index < -0.39 is 5.82 Å². The average molecular weight is 456 g/mol. The van der Waals surface area contributed by atoms with E-state index in [0.29, 0.717) is 29.1 Å². The molecular weight excluding hydrogens is 443 g/mol. The number of ether oxygens (including phenoxy) is 2. The van der Waals surface area contributed by atoms with E-state index >= 15 is 0 Å². The van der Waals surface area contributed by atoms with Crippen LogP contribution in [0, 0.1) is 19.0 Å². The predicted octanol–water partition coefficient (Wildman–Crippen LogP) is 6.16. The topological polar surface area (TPSA) is 27.2 Å². The molecule has 0 N–H and O–H groups in total. The molecule has 2 rings (SSSR count). The first-order chi connectivity index (χ1) is 11.5. The molecule has 2 aromatic rings. The Morgan fingerprint density at radius 3 is 2.08 bits per heavy atom. The molecule has 0 unspecified atom stereocenters. The molecule has 0 aliphatic heterocycles. The Bertz CT molecular complexity index is 770. The fourth-order valence-electron chi connectivity index (χ4n) is 1.50. The van der Waals surface area contributed by atoms with Crippen molar-refractivity contribution < 1.29 is 13.9 Å². The van der Waals surface area contributed by atoms with Crippen LogP contribution in [0.25, 0.3) is 9.69 Å². The molecule has 0 aliphatic carbocycles. The first-order valence-electron chi connectivity index (χ1n) is 6.63. The molecule has 0 fully saturated rings. The number of halogens is 3. The van der Waals surface area contributed by atoms with Crippen LogP contribution < -0.4 is 4.74 Å². The van der Waals surface area contributed by atoms with Gasteiger partial charge in [-0.05, 0) is 12.1 Å². The van der Waals surface area contributed by atoms with Crippen molar-refractivity contribution >= 4 is 43.2 Å². The normalized spacial score (nSPS) is 9.25. The second-order valence-corrected chi connectivity index (χ2v) is 6.10. The molecule has 124 valence electrons.